The molecule has 5 heteroatoms. The van der Waals surface area contributed by atoms with Gasteiger partial charge in [-0.25, -0.2) is 4.98 Å². The van der Waals surface area contributed by atoms with E-state index in [0.29, 0.717) is 5.25 Å². The van der Waals surface area contributed by atoms with Crippen LogP contribution in [0.5, 0.6) is 11.5 Å². The number of ether oxygens (including phenoxy) is 2. The van der Waals surface area contributed by atoms with Gasteiger partial charge in [0.2, 0.25) is 0 Å². The van der Waals surface area contributed by atoms with Gasteiger partial charge in [-0.2, -0.15) is 0 Å². The van der Waals surface area contributed by atoms with Gasteiger partial charge in [0, 0.05) is 24.0 Å². The molecule has 27 heavy (non-hydrogen) atoms. The first-order valence-corrected chi connectivity index (χ1v) is 10.8. The van der Waals surface area contributed by atoms with E-state index >= 15 is 0 Å². The second-order valence-corrected chi connectivity index (χ2v) is 8.83. The van der Waals surface area contributed by atoms with Crippen LogP contribution in [0.2, 0.25) is 0 Å². The minimum Gasteiger partial charge on any atom is -0.494 e. The van der Waals surface area contributed by atoms with Gasteiger partial charge in [0.15, 0.2) is 5.75 Å². The number of rotatable bonds is 6. The zero-order valence-electron chi connectivity index (χ0n) is 16.1. The van der Waals surface area contributed by atoms with E-state index < -0.39 is 0 Å². The Bertz CT molecular complexity index is 752. The number of fused-ring (bicyclic) bond motifs is 1. The maximum Gasteiger partial charge on any atom is 0.152 e. The van der Waals surface area contributed by atoms with Crippen LogP contribution in [0.4, 0.5) is 0 Å². The summed E-state index contributed by atoms with van der Waals surface area (Å²) in [6, 6.07) is 13.0. The predicted octanol–water partition coefficient (Wildman–Crippen LogP) is 4.95. The highest BCUT2D eigenvalue weighted by Crippen LogP contribution is 2.43. The zero-order chi connectivity index (χ0) is 18.6. The predicted molar refractivity (Wildman–Crippen MR) is 110 cm³/mol. The maximum atomic E-state index is 6.21. The summed E-state index contributed by atoms with van der Waals surface area (Å²) in [6.45, 7) is 7.67. The average Bonchev–Trinajstić information content (AvgIpc) is 3.10. The van der Waals surface area contributed by atoms with Crippen molar-refractivity contribution in [3.63, 3.8) is 0 Å². The monoisotopic (exact) mass is 384 g/mol. The van der Waals surface area contributed by atoms with E-state index in [4.69, 9.17) is 9.47 Å². The van der Waals surface area contributed by atoms with Crippen molar-refractivity contribution in [3.8, 4) is 11.5 Å². The first kappa shape index (κ1) is 18.6. The van der Waals surface area contributed by atoms with E-state index in [9.17, 15) is 0 Å². The van der Waals surface area contributed by atoms with Crippen LogP contribution in [0.15, 0.2) is 47.6 Å². The molecule has 2 aliphatic heterocycles. The summed E-state index contributed by atoms with van der Waals surface area (Å²) in [5.74, 6) is 1.81. The topological polar surface area (TPSA) is 34.6 Å². The van der Waals surface area contributed by atoms with Crippen LogP contribution in [0.1, 0.15) is 44.8 Å². The molecule has 0 saturated carbocycles. The van der Waals surface area contributed by atoms with E-state index in [-0.39, 0.29) is 6.10 Å². The van der Waals surface area contributed by atoms with E-state index in [1.54, 1.807) is 11.8 Å². The van der Waals surface area contributed by atoms with Crippen molar-refractivity contribution in [3.05, 3.63) is 48.2 Å². The second-order valence-electron chi connectivity index (χ2n) is 7.47. The smallest absolute Gasteiger partial charge is 0.152 e. The number of pyridine rings is 1. The van der Waals surface area contributed by atoms with Crippen molar-refractivity contribution in [2.75, 3.05) is 19.7 Å². The fourth-order valence-electron chi connectivity index (χ4n) is 3.90. The van der Waals surface area contributed by atoms with Crippen LogP contribution in [-0.2, 0) is 0 Å². The highest BCUT2D eigenvalue weighted by molar-refractivity contribution is 8.00. The van der Waals surface area contributed by atoms with E-state index in [1.807, 2.05) is 18.3 Å². The van der Waals surface area contributed by atoms with Crippen LogP contribution >= 0.6 is 11.8 Å². The average molecular weight is 385 g/mol. The molecule has 2 aliphatic rings. The van der Waals surface area contributed by atoms with Crippen LogP contribution in [0.25, 0.3) is 0 Å². The summed E-state index contributed by atoms with van der Waals surface area (Å²) in [6.07, 6.45) is 5.61. The van der Waals surface area contributed by atoms with Gasteiger partial charge in [0.05, 0.1) is 6.61 Å². The SMILES string of the molecule is CC1Sc2ncccc2OC1c1ccc(OCCCN2CCC[C@H]2C)cc1. The molecule has 0 aliphatic carbocycles. The molecule has 0 amide bonds. The largest absolute Gasteiger partial charge is 0.494 e. The normalized spacial score (nSPS) is 25.0. The molecule has 0 radical (unpaired) electrons. The molecule has 3 atom stereocenters. The number of aromatic nitrogens is 1. The van der Waals surface area contributed by atoms with Gasteiger partial charge < -0.3 is 14.4 Å². The lowest BCUT2D eigenvalue weighted by Gasteiger charge is -2.30. The molecule has 144 valence electrons. The molecule has 1 aromatic heterocycles. The van der Waals surface area contributed by atoms with Gasteiger partial charge in [-0.3, -0.25) is 0 Å². The Morgan fingerprint density at radius 1 is 1.22 bits per heavy atom. The first-order chi connectivity index (χ1) is 13.2. The first-order valence-electron chi connectivity index (χ1n) is 9.96. The van der Waals surface area contributed by atoms with Crippen molar-refractivity contribution in [1.29, 1.82) is 0 Å². The molecule has 1 fully saturated rings. The summed E-state index contributed by atoms with van der Waals surface area (Å²) in [4.78, 5) is 6.97. The number of nitrogens with zero attached hydrogens (tertiary/aromatic N) is 2. The summed E-state index contributed by atoms with van der Waals surface area (Å²) < 4.78 is 12.1. The number of hydrogen-bond donors (Lipinski definition) is 0. The van der Waals surface area contributed by atoms with Crippen molar-refractivity contribution in [1.82, 2.24) is 9.88 Å². The highest BCUT2D eigenvalue weighted by Gasteiger charge is 2.29. The number of likely N-dealkylation sites (tertiary alicyclic amines) is 1. The van der Waals surface area contributed by atoms with Crippen LogP contribution in [-0.4, -0.2) is 40.9 Å². The lowest BCUT2D eigenvalue weighted by molar-refractivity contribution is 0.193. The second kappa shape index (κ2) is 8.53. The Hall–Kier alpha value is -1.72. The molecule has 4 nitrogen and oxygen atoms in total. The van der Waals surface area contributed by atoms with E-state index in [1.165, 1.54) is 24.9 Å². The lowest BCUT2D eigenvalue weighted by atomic mass is 10.1. The molecule has 3 heterocycles. The third-order valence-corrected chi connectivity index (χ3v) is 6.62. The molecule has 4 rings (SSSR count). The molecule has 0 bridgehead atoms. The van der Waals surface area contributed by atoms with Crippen LogP contribution in [0, 0.1) is 0 Å². The van der Waals surface area contributed by atoms with Crippen LogP contribution < -0.4 is 9.47 Å². The van der Waals surface area contributed by atoms with E-state index in [2.05, 4.69) is 48.0 Å². The minimum absolute atomic E-state index is 0.0393. The number of benzene rings is 1. The standard InChI is InChI=1S/C22H28N2O2S/c1-16-6-4-13-24(16)14-5-15-25-19-10-8-18(9-11-19)21-17(2)27-22-20(26-21)7-3-12-23-22/h3,7-12,16-17,21H,4-6,13-15H2,1-2H3/t16-,17?,21?/m1/s1. The van der Waals surface area contributed by atoms with Gasteiger partial charge in [-0.1, -0.05) is 23.9 Å². The Morgan fingerprint density at radius 2 is 2.07 bits per heavy atom. The zero-order valence-corrected chi connectivity index (χ0v) is 17.0. The molecular weight excluding hydrogens is 356 g/mol. The van der Waals surface area contributed by atoms with Gasteiger partial charge in [-0.05, 0) is 69.5 Å². The van der Waals surface area contributed by atoms with Crippen LogP contribution in [0.3, 0.4) is 0 Å². The Morgan fingerprint density at radius 3 is 2.85 bits per heavy atom. The highest BCUT2D eigenvalue weighted by atomic mass is 32.2. The van der Waals surface area contributed by atoms with Crippen molar-refractivity contribution < 1.29 is 9.47 Å². The number of hydrogen-bond acceptors (Lipinski definition) is 5. The third kappa shape index (κ3) is 4.41. The van der Waals surface area contributed by atoms with E-state index in [0.717, 1.165) is 42.1 Å². The molecule has 1 aromatic carbocycles. The summed E-state index contributed by atoms with van der Waals surface area (Å²) in [5, 5.41) is 1.30. The molecule has 1 saturated heterocycles. The molecule has 2 aromatic rings. The molecule has 2 unspecified atom stereocenters. The Kier molecular flexibility index (Phi) is 5.89. The van der Waals surface area contributed by atoms with Crippen molar-refractivity contribution >= 4 is 11.8 Å². The number of thioether (sulfide) groups is 1. The van der Waals surface area contributed by atoms with Gasteiger partial charge >= 0.3 is 0 Å². The lowest BCUT2D eigenvalue weighted by Crippen LogP contribution is -2.28. The third-order valence-electron chi connectivity index (χ3n) is 5.47. The van der Waals surface area contributed by atoms with Gasteiger partial charge in [-0.15, -0.1) is 0 Å². The molecular formula is C22H28N2O2S. The van der Waals surface area contributed by atoms with Crippen molar-refractivity contribution in [2.24, 2.45) is 0 Å². The fraction of sp³-hybridized carbons (Fsp3) is 0.500. The van der Waals surface area contributed by atoms with Gasteiger partial charge in [0.1, 0.15) is 16.9 Å². The molecule has 0 spiro atoms. The molecule has 0 N–H and O–H groups in total. The van der Waals surface area contributed by atoms with Gasteiger partial charge in [0.25, 0.3) is 0 Å². The Balaban J connectivity index is 1.30. The summed E-state index contributed by atoms with van der Waals surface area (Å²) >= 11 is 1.78. The summed E-state index contributed by atoms with van der Waals surface area (Å²) in [7, 11) is 0. The summed E-state index contributed by atoms with van der Waals surface area (Å²) in [5.41, 5.74) is 1.18. The minimum atomic E-state index is 0.0393. The fourth-order valence-corrected chi connectivity index (χ4v) is 4.94. The van der Waals surface area contributed by atoms with Crippen molar-refractivity contribution in [2.45, 2.75) is 55.5 Å². The Labute approximate surface area is 166 Å². The maximum absolute atomic E-state index is 6.21. The quantitative estimate of drug-likeness (QED) is 0.659.